The fraction of sp³-hybridized carbons (Fsp3) is 0.333. The molecular formula is C18H23FN2. The van der Waals surface area contributed by atoms with Crippen molar-refractivity contribution in [2.75, 3.05) is 11.4 Å². The van der Waals surface area contributed by atoms with Gasteiger partial charge in [-0.25, -0.2) is 4.39 Å². The van der Waals surface area contributed by atoms with Crippen molar-refractivity contribution in [3.63, 3.8) is 0 Å². The molecule has 2 nitrogen and oxygen atoms in total. The fourth-order valence-corrected chi connectivity index (χ4v) is 2.77. The minimum Gasteiger partial charge on any atom is -0.363 e. The van der Waals surface area contributed by atoms with Crippen LogP contribution in [0.5, 0.6) is 0 Å². The van der Waals surface area contributed by atoms with E-state index in [0.29, 0.717) is 0 Å². The molecule has 0 aliphatic heterocycles. The summed E-state index contributed by atoms with van der Waals surface area (Å²) in [5.74, 6) is -0.222. The Morgan fingerprint density at radius 1 is 1.14 bits per heavy atom. The summed E-state index contributed by atoms with van der Waals surface area (Å²) < 4.78 is 13.2. The van der Waals surface area contributed by atoms with Gasteiger partial charge in [-0.3, -0.25) is 0 Å². The molecule has 0 radical (unpaired) electrons. The third kappa shape index (κ3) is 3.61. The lowest BCUT2D eigenvalue weighted by Crippen LogP contribution is -2.39. The first-order chi connectivity index (χ1) is 10.0. The Morgan fingerprint density at radius 3 is 2.33 bits per heavy atom. The van der Waals surface area contributed by atoms with Gasteiger partial charge in [-0.2, -0.15) is 0 Å². The Morgan fingerprint density at radius 2 is 1.81 bits per heavy atom. The minimum absolute atomic E-state index is 0.0254. The highest BCUT2D eigenvalue weighted by Gasteiger charge is 2.23. The van der Waals surface area contributed by atoms with E-state index >= 15 is 0 Å². The number of hydrogen-bond donors (Lipinski definition) is 1. The first-order valence-electron chi connectivity index (χ1n) is 7.37. The van der Waals surface area contributed by atoms with E-state index in [1.165, 1.54) is 17.7 Å². The predicted molar refractivity (Wildman–Crippen MR) is 87.0 cm³/mol. The van der Waals surface area contributed by atoms with E-state index in [9.17, 15) is 4.39 Å². The molecule has 0 fully saturated rings. The van der Waals surface area contributed by atoms with Crippen LogP contribution in [0.1, 0.15) is 31.0 Å². The third-order valence-electron chi connectivity index (χ3n) is 3.72. The lowest BCUT2D eigenvalue weighted by molar-refractivity contribution is 0.536. The van der Waals surface area contributed by atoms with Gasteiger partial charge in [0, 0.05) is 18.3 Å². The molecule has 2 atom stereocenters. The Labute approximate surface area is 126 Å². The van der Waals surface area contributed by atoms with Crippen molar-refractivity contribution in [1.82, 2.24) is 0 Å². The molecular weight excluding hydrogens is 263 g/mol. The summed E-state index contributed by atoms with van der Waals surface area (Å²) in [7, 11) is 0. The molecule has 0 bridgehead atoms. The van der Waals surface area contributed by atoms with Gasteiger partial charge >= 0.3 is 0 Å². The van der Waals surface area contributed by atoms with Crippen LogP contribution in [0.25, 0.3) is 0 Å². The monoisotopic (exact) mass is 286 g/mol. The molecule has 2 N–H and O–H groups in total. The van der Waals surface area contributed by atoms with Crippen molar-refractivity contribution in [3.05, 3.63) is 65.5 Å². The van der Waals surface area contributed by atoms with Gasteiger partial charge < -0.3 is 10.6 Å². The highest BCUT2D eigenvalue weighted by atomic mass is 19.1. The largest absolute Gasteiger partial charge is 0.363 e. The average molecular weight is 286 g/mol. The van der Waals surface area contributed by atoms with E-state index in [-0.39, 0.29) is 17.9 Å². The van der Waals surface area contributed by atoms with E-state index in [0.717, 1.165) is 17.8 Å². The molecule has 0 saturated carbocycles. The van der Waals surface area contributed by atoms with Gasteiger partial charge in [-0.15, -0.1) is 0 Å². The van der Waals surface area contributed by atoms with E-state index in [2.05, 4.69) is 43.0 Å². The number of nitrogens with two attached hydrogens (primary N) is 1. The smallest absolute Gasteiger partial charge is 0.123 e. The van der Waals surface area contributed by atoms with Gasteiger partial charge in [0.05, 0.1) is 6.04 Å². The van der Waals surface area contributed by atoms with Crippen molar-refractivity contribution >= 4 is 5.69 Å². The molecule has 0 heterocycles. The topological polar surface area (TPSA) is 29.3 Å². The second kappa shape index (κ2) is 6.72. The zero-order chi connectivity index (χ0) is 15.4. The summed E-state index contributed by atoms with van der Waals surface area (Å²) in [5, 5.41) is 0. The summed E-state index contributed by atoms with van der Waals surface area (Å²) in [5.41, 5.74) is 9.62. The minimum atomic E-state index is -0.222. The molecule has 3 heteroatoms. The zero-order valence-electron chi connectivity index (χ0n) is 12.9. The molecule has 21 heavy (non-hydrogen) atoms. The Hall–Kier alpha value is -1.87. The molecule has 0 aliphatic carbocycles. The highest BCUT2D eigenvalue weighted by molar-refractivity contribution is 5.51. The number of halogens is 1. The van der Waals surface area contributed by atoms with Crippen molar-refractivity contribution in [1.29, 1.82) is 0 Å². The molecule has 112 valence electrons. The van der Waals surface area contributed by atoms with Crippen LogP contribution in [-0.4, -0.2) is 12.6 Å². The fourth-order valence-electron chi connectivity index (χ4n) is 2.77. The quantitative estimate of drug-likeness (QED) is 0.898. The van der Waals surface area contributed by atoms with E-state index in [1.807, 2.05) is 19.1 Å². The van der Waals surface area contributed by atoms with Gasteiger partial charge in [0.1, 0.15) is 5.82 Å². The van der Waals surface area contributed by atoms with Crippen LogP contribution < -0.4 is 10.6 Å². The SMILES string of the molecule is CCN(c1cccc(C)c1)C(c1ccc(F)cc1)C(C)N. The standard InChI is InChI=1S/C18H23FN2/c1-4-21(17-7-5-6-13(2)12-17)18(14(3)20)15-8-10-16(19)11-9-15/h5-12,14,18H,4,20H2,1-3H3. The number of rotatable bonds is 5. The van der Waals surface area contributed by atoms with Crippen LogP contribution in [0.4, 0.5) is 10.1 Å². The number of benzene rings is 2. The van der Waals surface area contributed by atoms with Crippen LogP contribution in [-0.2, 0) is 0 Å². The second-order valence-corrected chi connectivity index (χ2v) is 5.48. The lowest BCUT2D eigenvalue weighted by Gasteiger charge is -2.36. The second-order valence-electron chi connectivity index (χ2n) is 5.48. The van der Waals surface area contributed by atoms with E-state index in [1.54, 1.807) is 0 Å². The number of likely N-dealkylation sites (N-methyl/N-ethyl adjacent to an activating group) is 1. The number of nitrogens with zero attached hydrogens (tertiary/aromatic N) is 1. The average Bonchev–Trinajstić information content (AvgIpc) is 2.45. The maximum absolute atomic E-state index is 13.2. The molecule has 2 unspecified atom stereocenters. The summed E-state index contributed by atoms with van der Waals surface area (Å²) in [6.07, 6.45) is 0. The molecule has 2 aromatic rings. The summed E-state index contributed by atoms with van der Waals surface area (Å²) in [6, 6.07) is 15.0. The molecule has 2 rings (SSSR count). The van der Waals surface area contributed by atoms with Crippen molar-refractivity contribution in [3.8, 4) is 0 Å². The summed E-state index contributed by atoms with van der Waals surface area (Å²) >= 11 is 0. The third-order valence-corrected chi connectivity index (χ3v) is 3.72. The number of aryl methyl sites for hydroxylation is 1. The first kappa shape index (κ1) is 15.5. The normalized spacial score (nSPS) is 13.8. The number of hydrogen-bond acceptors (Lipinski definition) is 2. The molecule has 0 aliphatic rings. The maximum Gasteiger partial charge on any atom is 0.123 e. The van der Waals surface area contributed by atoms with Crippen LogP contribution in [0, 0.1) is 12.7 Å². The van der Waals surface area contributed by atoms with Gasteiger partial charge in [-0.05, 0) is 56.2 Å². The van der Waals surface area contributed by atoms with Crippen molar-refractivity contribution in [2.24, 2.45) is 5.73 Å². The van der Waals surface area contributed by atoms with Gasteiger partial charge in [-0.1, -0.05) is 24.3 Å². The zero-order valence-corrected chi connectivity index (χ0v) is 12.9. The van der Waals surface area contributed by atoms with Crippen LogP contribution in [0.3, 0.4) is 0 Å². The Balaban J connectivity index is 2.41. The van der Waals surface area contributed by atoms with Crippen molar-refractivity contribution < 1.29 is 4.39 Å². The van der Waals surface area contributed by atoms with Crippen LogP contribution >= 0.6 is 0 Å². The Kier molecular flexibility index (Phi) is 4.97. The van der Waals surface area contributed by atoms with Gasteiger partial charge in [0.15, 0.2) is 0 Å². The van der Waals surface area contributed by atoms with Crippen molar-refractivity contribution in [2.45, 2.75) is 32.9 Å². The number of anilines is 1. The highest BCUT2D eigenvalue weighted by Crippen LogP contribution is 2.29. The summed E-state index contributed by atoms with van der Waals surface area (Å²) in [6.45, 7) is 7.02. The molecule has 0 amide bonds. The molecule has 0 spiro atoms. The lowest BCUT2D eigenvalue weighted by atomic mass is 9.98. The van der Waals surface area contributed by atoms with Crippen LogP contribution in [0.15, 0.2) is 48.5 Å². The Bertz CT molecular complexity index is 578. The maximum atomic E-state index is 13.2. The van der Waals surface area contributed by atoms with E-state index < -0.39 is 0 Å². The predicted octanol–water partition coefficient (Wildman–Crippen LogP) is 4.05. The van der Waals surface area contributed by atoms with Crippen LogP contribution in [0.2, 0.25) is 0 Å². The van der Waals surface area contributed by atoms with Gasteiger partial charge in [0.25, 0.3) is 0 Å². The summed E-state index contributed by atoms with van der Waals surface area (Å²) in [4.78, 5) is 2.27. The van der Waals surface area contributed by atoms with E-state index in [4.69, 9.17) is 5.73 Å². The molecule has 0 saturated heterocycles. The van der Waals surface area contributed by atoms with Gasteiger partial charge in [0.2, 0.25) is 0 Å². The first-order valence-corrected chi connectivity index (χ1v) is 7.37. The molecule has 2 aromatic carbocycles. The molecule has 0 aromatic heterocycles.